The van der Waals surface area contributed by atoms with Crippen molar-refractivity contribution in [2.24, 2.45) is 5.92 Å². The SMILES string of the molecule is CNC(C)(Cc1ccc(Cl)cc1)C(C)C.Cl. The lowest BCUT2D eigenvalue weighted by molar-refractivity contribution is 0.278. The van der Waals surface area contributed by atoms with Crippen LogP contribution in [0.3, 0.4) is 0 Å². The molecule has 0 aromatic heterocycles. The van der Waals surface area contributed by atoms with Gasteiger partial charge in [0.1, 0.15) is 0 Å². The smallest absolute Gasteiger partial charge is 0.0406 e. The van der Waals surface area contributed by atoms with E-state index in [0.717, 1.165) is 11.4 Å². The largest absolute Gasteiger partial charge is 0.314 e. The van der Waals surface area contributed by atoms with Crippen molar-refractivity contribution in [2.45, 2.75) is 32.7 Å². The molecule has 16 heavy (non-hydrogen) atoms. The van der Waals surface area contributed by atoms with Gasteiger partial charge in [-0.2, -0.15) is 0 Å². The first-order valence-corrected chi connectivity index (χ1v) is 5.79. The summed E-state index contributed by atoms with van der Waals surface area (Å²) in [7, 11) is 2.02. The van der Waals surface area contributed by atoms with Gasteiger partial charge in [-0.1, -0.05) is 37.6 Å². The fraction of sp³-hybridized carbons (Fsp3) is 0.538. The fourth-order valence-electron chi connectivity index (χ4n) is 1.61. The number of rotatable bonds is 4. The lowest BCUT2D eigenvalue weighted by Crippen LogP contribution is -2.46. The quantitative estimate of drug-likeness (QED) is 0.866. The number of hydrogen-bond donors (Lipinski definition) is 1. The van der Waals surface area contributed by atoms with Crippen molar-refractivity contribution >= 4 is 24.0 Å². The molecule has 92 valence electrons. The average Bonchev–Trinajstić information content (AvgIpc) is 2.21. The molecule has 1 atom stereocenters. The molecular formula is C13H21Cl2N. The van der Waals surface area contributed by atoms with E-state index in [0.29, 0.717) is 5.92 Å². The average molecular weight is 262 g/mol. The number of likely N-dealkylation sites (N-methyl/N-ethyl adjacent to an activating group) is 1. The number of nitrogens with one attached hydrogen (secondary N) is 1. The minimum absolute atomic E-state index is 0. The summed E-state index contributed by atoms with van der Waals surface area (Å²) >= 11 is 5.86. The highest BCUT2D eigenvalue weighted by Gasteiger charge is 2.26. The van der Waals surface area contributed by atoms with E-state index in [-0.39, 0.29) is 17.9 Å². The molecule has 0 fully saturated rings. The van der Waals surface area contributed by atoms with Gasteiger partial charge in [-0.25, -0.2) is 0 Å². The second-order valence-corrected chi connectivity index (χ2v) is 5.06. The summed E-state index contributed by atoms with van der Waals surface area (Å²) in [5.41, 5.74) is 1.47. The Morgan fingerprint density at radius 1 is 1.25 bits per heavy atom. The van der Waals surface area contributed by atoms with Crippen LogP contribution < -0.4 is 5.32 Å². The number of benzene rings is 1. The Hall–Kier alpha value is -0.240. The standard InChI is InChI=1S/C13H20ClN.ClH/c1-10(2)13(3,15-4)9-11-5-7-12(14)8-6-11;/h5-8,10,15H,9H2,1-4H3;1H. The van der Waals surface area contributed by atoms with Gasteiger partial charge in [-0.3, -0.25) is 0 Å². The maximum atomic E-state index is 5.86. The van der Waals surface area contributed by atoms with E-state index in [2.05, 4.69) is 38.2 Å². The maximum absolute atomic E-state index is 5.86. The topological polar surface area (TPSA) is 12.0 Å². The number of hydrogen-bond acceptors (Lipinski definition) is 1. The third-order valence-corrected chi connectivity index (χ3v) is 3.58. The summed E-state index contributed by atoms with van der Waals surface area (Å²) in [5, 5.41) is 4.21. The molecule has 0 spiro atoms. The molecule has 0 amide bonds. The van der Waals surface area contributed by atoms with Crippen molar-refractivity contribution in [3.63, 3.8) is 0 Å². The van der Waals surface area contributed by atoms with Crippen molar-refractivity contribution in [1.82, 2.24) is 5.32 Å². The molecule has 0 aliphatic rings. The predicted molar refractivity (Wildman–Crippen MR) is 74.7 cm³/mol. The highest BCUT2D eigenvalue weighted by atomic mass is 35.5. The van der Waals surface area contributed by atoms with Crippen LogP contribution in [0.1, 0.15) is 26.3 Å². The third kappa shape index (κ3) is 3.97. The second kappa shape index (κ2) is 6.48. The Labute approximate surface area is 110 Å². The van der Waals surface area contributed by atoms with Crippen LogP contribution in [0.5, 0.6) is 0 Å². The maximum Gasteiger partial charge on any atom is 0.0406 e. The van der Waals surface area contributed by atoms with Gasteiger partial charge in [0.25, 0.3) is 0 Å². The summed E-state index contributed by atoms with van der Waals surface area (Å²) in [6.45, 7) is 6.74. The van der Waals surface area contributed by atoms with Crippen LogP contribution in [0.15, 0.2) is 24.3 Å². The Morgan fingerprint density at radius 3 is 2.12 bits per heavy atom. The van der Waals surface area contributed by atoms with E-state index in [4.69, 9.17) is 11.6 Å². The zero-order chi connectivity index (χ0) is 11.5. The van der Waals surface area contributed by atoms with E-state index in [1.807, 2.05) is 19.2 Å². The van der Waals surface area contributed by atoms with Gasteiger partial charge in [0, 0.05) is 10.6 Å². The van der Waals surface area contributed by atoms with E-state index in [1.165, 1.54) is 5.56 Å². The zero-order valence-electron chi connectivity index (χ0n) is 10.4. The monoisotopic (exact) mass is 261 g/mol. The molecule has 0 heterocycles. The van der Waals surface area contributed by atoms with Gasteiger partial charge in [-0.05, 0) is 44.0 Å². The van der Waals surface area contributed by atoms with Crippen molar-refractivity contribution in [3.8, 4) is 0 Å². The van der Waals surface area contributed by atoms with Crippen LogP contribution >= 0.6 is 24.0 Å². The van der Waals surface area contributed by atoms with E-state index < -0.39 is 0 Å². The Bertz CT molecular complexity index is 308. The van der Waals surface area contributed by atoms with Crippen LogP contribution in [-0.2, 0) is 6.42 Å². The fourth-order valence-corrected chi connectivity index (χ4v) is 1.73. The molecule has 0 aliphatic heterocycles. The van der Waals surface area contributed by atoms with Crippen molar-refractivity contribution in [2.75, 3.05) is 7.05 Å². The van der Waals surface area contributed by atoms with Crippen molar-refractivity contribution in [3.05, 3.63) is 34.9 Å². The lowest BCUT2D eigenvalue weighted by Gasteiger charge is -2.33. The molecule has 1 aromatic rings. The summed E-state index contributed by atoms with van der Waals surface area (Å²) in [6.07, 6.45) is 1.03. The van der Waals surface area contributed by atoms with Crippen molar-refractivity contribution in [1.29, 1.82) is 0 Å². The molecule has 1 unspecified atom stereocenters. The molecule has 0 bridgehead atoms. The first-order chi connectivity index (χ1) is 6.98. The van der Waals surface area contributed by atoms with Crippen LogP contribution in [0.4, 0.5) is 0 Å². The van der Waals surface area contributed by atoms with Crippen LogP contribution in [-0.4, -0.2) is 12.6 Å². The van der Waals surface area contributed by atoms with Gasteiger partial charge < -0.3 is 5.32 Å². The molecule has 0 saturated heterocycles. The van der Waals surface area contributed by atoms with Gasteiger partial charge in [0.2, 0.25) is 0 Å². The lowest BCUT2D eigenvalue weighted by atomic mass is 9.83. The summed E-state index contributed by atoms with van der Waals surface area (Å²) in [4.78, 5) is 0. The molecule has 3 heteroatoms. The Morgan fingerprint density at radius 2 is 1.75 bits per heavy atom. The van der Waals surface area contributed by atoms with E-state index >= 15 is 0 Å². The van der Waals surface area contributed by atoms with E-state index in [9.17, 15) is 0 Å². The highest BCUT2D eigenvalue weighted by Crippen LogP contribution is 2.22. The molecule has 1 aromatic carbocycles. The molecule has 0 radical (unpaired) electrons. The molecule has 1 N–H and O–H groups in total. The van der Waals surface area contributed by atoms with Gasteiger partial charge in [0.05, 0.1) is 0 Å². The molecular weight excluding hydrogens is 241 g/mol. The predicted octanol–water partition coefficient (Wildman–Crippen LogP) is 3.94. The Kier molecular flexibility index (Phi) is 6.39. The van der Waals surface area contributed by atoms with Crippen molar-refractivity contribution < 1.29 is 0 Å². The van der Waals surface area contributed by atoms with Gasteiger partial charge in [0.15, 0.2) is 0 Å². The minimum Gasteiger partial charge on any atom is -0.314 e. The summed E-state index contributed by atoms with van der Waals surface area (Å²) < 4.78 is 0. The molecule has 0 aliphatic carbocycles. The summed E-state index contributed by atoms with van der Waals surface area (Å²) in [5.74, 6) is 0.596. The summed E-state index contributed by atoms with van der Waals surface area (Å²) in [6, 6.07) is 8.10. The molecule has 1 rings (SSSR count). The van der Waals surface area contributed by atoms with E-state index in [1.54, 1.807) is 0 Å². The first kappa shape index (κ1) is 15.8. The molecule has 1 nitrogen and oxygen atoms in total. The molecule has 0 saturated carbocycles. The number of halogens is 2. The van der Waals surface area contributed by atoms with Crippen LogP contribution in [0.25, 0.3) is 0 Å². The second-order valence-electron chi connectivity index (χ2n) is 4.63. The minimum atomic E-state index is 0. The van der Waals surface area contributed by atoms with Crippen LogP contribution in [0, 0.1) is 5.92 Å². The van der Waals surface area contributed by atoms with Gasteiger partial charge in [-0.15, -0.1) is 12.4 Å². The van der Waals surface area contributed by atoms with Crippen LogP contribution in [0.2, 0.25) is 5.02 Å². The first-order valence-electron chi connectivity index (χ1n) is 5.41. The third-order valence-electron chi connectivity index (χ3n) is 3.33. The normalized spacial score (nSPS) is 14.4. The Balaban J connectivity index is 0.00000225. The highest BCUT2D eigenvalue weighted by molar-refractivity contribution is 6.30. The van der Waals surface area contributed by atoms with Gasteiger partial charge >= 0.3 is 0 Å². The zero-order valence-corrected chi connectivity index (χ0v) is 12.0.